The summed E-state index contributed by atoms with van der Waals surface area (Å²) in [5, 5.41) is 8.54. The molecule has 5 rings (SSSR count). The van der Waals surface area contributed by atoms with Crippen molar-refractivity contribution in [1.82, 2.24) is 20.2 Å². The lowest BCUT2D eigenvalue weighted by molar-refractivity contribution is -0.274. The Morgan fingerprint density at radius 2 is 1.86 bits per heavy atom. The number of anilines is 1. The first-order valence-corrected chi connectivity index (χ1v) is 14.1. The van der Waals surface area contributed by atoms with E-state index in [0.29, 0.717) is 40.7 Å². The van der Waals surface area contributed by atoms with E-state index in [4.69, 9.17) is 4.74 Å². The third-order valence-electron chi connectivity index (χ3n) is 5.99. The van der Waals surface area contributed by atoms with Gasteiger partial charge in [-0.05, 0) is 61.4 Å². The highest BCUT2D eigenvalue weighted by Crippen LogP contribution is 2.35. The molecule has 1 aromatic heterocycles. The maximum absolute atomic E-state index is 12.6. The summed E-state index contributed by atoms with van der Waals surface area (Å²) in [7, 11) is 0. The van der Waals surface area contributed by atoms with Gasteiger partial charge in [-0.25, -0.2) is 19.9 Å². The molecular formula is C29H24F3N7O4S. The molecule has 1 N–H and O–H groups in total. The van der Waals surface area contributed by atoms with Crippen LogP contribution < -0.4 is 19.8 Å². The number of rotatable bonds is 8. The second-order valence-corrected chi connectivity index (χ2v) is 10.1. The standard InChI is InChI=1S/C29H24F3N7O4S/c1-3-42-24-13-4-18(2)14-23(24)39-25(40)16-44-28(39)35-27(41)36-34-15-19-5-7-20(8-6-19)26-33-17-38(37-26)21-9-11-22(12-10-21)43-29(30,31)32/h4-15,17H,3,16H2,1-2H3,(H,36,41)/b34-15+,35-28-. The Balaban J connectivity index is 1.21. The molecule has 11 nitrogen and oxygen atoms in total. The number of carbonyl (C=O) groups excluding carboxylic acids is 2. The maximum atomic E-state index is 12.6. The predicted molar refractivity (Wildman–Crippen MR) is 159 cm³/mol. The lowest BCUT2D eigenvalue weighted by Crippen LogP contribution is -2.31. The molecule has 0 radical (unpaired) electrons. The molecule has 44 heavy (non-hydrogen) atoms. The fourth-order valence-electron chi connectivity index (χ4n) is 4.07. The van der Waals surface area contributed by atoms with Crippen molar-refractivity contribution in [2.75, 3.05) is 17.3 Å². The van der Waals surface area contributed by atoms with Gasteiger partial charge in [0.25, 0.3) is 0 Å². The number of benzene rings is 3. The molecule has 1 saturated heterocycles. The lowest BCUT2D eigenvalue weighted by atomic mass is 10.1. The Kier molecular flexibility index (Phi) is 8.94. The fourth-order valence-corrected chi connectivity index (χ4v) is 4.93. The number of aromatic nitrogens is 3. The number of amidine groups is 1. The van der Waals surface area contributed by atoms with Crippen molar-refractivity contribution in [3.8, 4) is 28.6 Å². The largest absolute Gasteiger partial charge is 0.573 e. The number of nitrogens with one attached hydrogen (secondary N) is 1. The summed E-state index contributed by atoms with van der Waals surface area (Å²) in [4.78, 5) is 34.8. The summed E-state index contributed by atoms with van der Waals surface area (Å²) in [5.41, 5.74) is 5.62. The molecule has 1 aliphatic rings. The van der Waals surface area contributed by atoms with E-state index in [0.717, 1.165) is 17.3 Å². The van der Waals surface area contributed by atoms with Crippen molar-refractivity contribution in [2.45, 2.75) is 20.2 Å². The number of carbonyl (C=O) groups is 2. The van der Waals surface area contributed by atoms with Crippen LogP contribution in [0.2, 0.25) is 0 Å². The molecule has 1 aliphatic heterocycles. The van der Waals surface area contributed by atoms with Gasteiger partial charge in [0.05, 0.1) is 29.9 Å². The Labute approximate surface area is 253 Å². The molecule has 1 fully saturated rings. The molecule has 0 unspecified atom stereocenters. The minimum atomic E-state index is -4.77. The Morgan fingerprint density at radius 1 is 1.11 bits per heavy atom. The van der Waals surface area contributed by atoms with E-state index < -0.39 is 12.4 Å². The van der Waals surface area contributed by atoms with Gasteiger partial charge in [-0.1, -0.05) is 42.1 Å². The average Bonchev–Trinajstić information content (AvgIpc) is 3.61. The number of amides is 3. The van der Waals surface area contributed by atoms with Crippen molar-refractivity contribution in [3.63, 3.8) is 0 Å². The lowest BCUT2D eigenvalue weighted by Gasteiger charge is -2.20. The van der Waals surface area contributed by atoms with Gasteiger partial charge in [0, 0.05) is 5.56 Å². The molecule has 3 amide bonds. The Morgan fingerprint density at radius 3 is 2.57 bits per heavy atom. The molecule has 0 atom stereocenters. The number of hydrazone groups is 1. The van der Waals surface area contributed by atoms with Gasteiger partial charge in [0.15, 0.2) is 11.0 Å². The first-order valence-electron chi connectivity index (χ1n) is 13.1. The van der Waals surface area contributed by atoms with E-state index in [1.807, 2.05) is 19.9 Å². The van der Waals surface area contributed by atoms with Crippen LogP contribution >= 0.6 is 11.8 Å². The molecule has 226 valence electrons. The quantitative estimate of drug-likeness (QED) is 0.197. The highest BCUT2D eigenvalue weighted by Gasteiger charge is 2.33. The fraction of sp³-hybridized carbons (Fsp3) is 0.172. The van der Waals surface area contributed by atoms with Crippen LogP contribution in [-0.2, 0) is 4.79 Å². The van der Waals surface area contributed by atoms with E-state index in [1.165, 1.54) is 46.4 Å². The van der Waals surface area contributed by atoms with Crippen LogP contribution in [0.25, 0.3) is 17.1 Å². The minimum Gasteiger partial charge on any atom is -0.492 e. The zero-order valence-electron chi connectivity index (χ0n) is 23.3. The van der Waals surface area contributed by atoms with Gasteiger partial charge in [0.2, 0.25) is 5.91 Å². The summed E-state index contributed by atoms with van der Waals surface area (Å²) in [6, 6.07) is 16.9. The third kappa shape index (κ3) is 7.42. The molecule has 2 heterocycles. The second-order valence-electron chi connectivity index (χ2n) is 9.17. The number of alkyl halides is 3. The number of thioether (sulfide) groups is 1. The summed E-state index contributed by atoms with van der Waals surface area (Å²) < 4.78 is 48.1. The predicted octanol–water partition coefficient (Wildman–Crippen LogP) is 5.72. The number of nitrogens with zero attached hydrogens (tertiary/aromatic N) is 6. The van der Waals surface area contributed by atoms with Crippen LogP contribution in [0.5, 0.6) is 11.5 Å². The van der Waals surface area contributed by atoms with Gasteiger partial charge in [-0.3, -0.25) is 9.69 Å². The number of aliphatic imine (C=N–C) groups is 1. The van der Waals surface area contributed by atoms with Crippen molar-refractivity contribution in [1.29, 1.82) is 0 Å². The molecule has 0 aliphatic carbocycles. The monoisotopic (exact) mass is 623 g/mol. The van der Waals surface area contributed by atoms with Gasteiger partial charge in [0.1, 0.15) is 17.8 Å². The molecule has 3 aromatic carbocycles. The smallest absolute Gasteiger partial charge is 0.492 e. The zero-order chi connectivity index (χ0) is 31.3. The van der Waals surface area contributed by atoms with Crippen molar-refractivity contribution >= 4 is 40.8 Å². The van der Waals surface area contributed by atoms with Crippen LogP contribution in [0.1, 0.15) is 18.1 Å². The highest BCUT2D eigenvalue weighted by molar-refractivity contribution is 8.15. The van der Waals surface area contributed by atoms with Gasteiger partial charge >= 0.3 is 12.4 Å². The van der Waals surface area contributed by atoms with E-state index in [2.05, 4.69) is 30.3 Å². The Hall–Kier alpha value is -5.18. The van der Waals surface area contributed by atoms with Crippen LogP contribution in [0.3, 0.4) is 0 Å². The molecular weight excluding hydrogens is 599 g/mol. The molecule has 4 aromatic rings. The van der Waals surface area contributed by atoms with Crippen LogP contribution in [0, 0.1) is 6.92 Å². The minimum absolute atomic E-state index is 0.136. The Bertz CT molecular complexity index is 1720. The summed E-state index contributed by atoms with van der Waals surface area (Å²) in [6.45, 7) is 4.15. The zero-order valence-corrected chi connectivity index (χ0v) is 24.1. The number of hydrogen-bond donors (Lipinski definition) is 1. The molecule has 15 heteroatoms. The van der Waals surface area contributed by atoms with E-state index >= 15 is 0 Å². The van der Waals surface area contributed by atoms with Crippen molar-refractivity contribution in [3.05, 3.63) is 84.2 Å². The van der Waals surface area contributed by atoms with Crippen molar-refractivity contribution < 1.29 is 32.2 Å². The number of aryl methyl sites for hydroxylation is 1. The maximum Gasteiger partial charge on any atom is 0.573 e. The van der Waals surface area contributed by atoms with E-state index in [-0.39, 0.29) is 22.6 Å². The van der Waals surface area contributed by atoms with E-state index in [9.17, 15) is 22.8 Å². The number of ether oxygens (including phenoxy) is 2. The first-order chi connectivity index (χ1) is 21.1. The van der Waals surface area contributed by atoms with Gasteiger partial charge in [-0.2, -0.15) is 10.1 Å². The first kappa shape index (κ1) is 30.3. The average molecular weight is 624 g/mol. The number of hydrogen-bond acceptors (Lipinski definition) is 8. The third-order valence-corrected chi connectivity index (χ3v) is 6.91. The van der Waals surface area contributed by atoms with Crippen LogP contribution in [-0.4, -0.2) is 56.8 Å². The molecule has 0 spiro atoms. The topological polar surface area (TPSA) is 123 Å². The van der Waals surface area contributed by atoms with E-state index in [1.54, 1.807) is 36.4 Å². The normalized spacial score (nSPS) is 14.4. The summed E-state index contributed by atoms with van der Waals surface area (Å²) in [5.74, 6) is 0.485. The summed E-state index contributed by atoms with van der Waals surface area (Å²) >= 11 is 1.14. The van der Waals surface area contributed by atoms with Crippen LogP contribution in [0.15, 0.2) is 83.2 Å². The molecule has 0 bridgehead atoms. The van der Waals surface area contributed by atoms with Crippen molar-refractivity contribution in [2.24, 2.45) is 10.1 Å². The van der Waals surface area contributed by atoms with Gasteiger partial charge < -0.3 is 9.47 Å². The second kappa shape index (κ2) is 13.0. The molecule has 0 saturated carbocycles. The highest BCUT2D eigenvalue weighted by atomic mass is 32.2. The SMILES string of the molecule is CCOc1ccc(C)cc1N1C(=O)CS/C1=N\C(=O)N/N=C/c1ccc(-c2ncn(-c3ccc(OC(F)(F)F)cc3)n2)cc1. The summed E-state index contributed by atoms with van der Waals surface area (Å²) in [6.07, 6.45) is -1.90. The number of urea groups is 1. The number of halogens is 3. The van der Waals surface area contributed by atoms with Gasteiger partial charge in [-0.15, -0.1) is 18.3 Å². The van der Waals surface area contributed by atoms with Crippen LogP contribution in [0.4, 0.5) is 23.7 Å².